The molecular weight excluding hydrogens is 448 g/mol. The van der Waals surface area contributed by atoms with Gasteiger partial charge in [0.25, 0.3) is 0 Å². The van der Waals surface area contributed by atoms with E-state index >= 15 is 0 Å². The Morgan fingerprint density at radius 2 is 1.79 bits per heavy atom. The number of phenolic OH excluding ortho intramolecular Hbond substituents is 1. The number of ether oxygens (including phenoxy) is 2. The smallest absolute Gasteiger partial charge is 0.319 e. The van der Waals surface area contributed by atoms with Gasteiger partial charge in [0, 0.05) is 17.3 Å². The summed E-state index contributed by atoms with van der Waals surface area (Å²) in [6.45, 7) is 1.75. The molecule has 172 valence electrons. The Morgan fingerprint density at radius 3 is 2.42 bits per heavy atom. The number of halogens is 1. The number of carbonyl (C=O) groups is 3. The molecule has 0 aromatic heterocycles. The molecule has 2 aliphatic rings. The van der Waals surface area contributed by atoms with Crippen LogP contribution in [0, 0.1) is 11.8 Å². The molecule has 0 fully saturated rings. The molecule has 8 nitrogen and oxygen atoms in total. The zero-order chi connectivity index (χ0) is 23.9. The SMILES string of the molecule is COc1cc(OC)c(C(=O)C2C(=O)C3=C(CC2C)NC(=O)NC3c2ccccc2)c(O)c1Cl. The maximum atomic E-state index is 13.7. The van der Waals surface area contributed by atoms with E-state index in [4.69, 9.17) is 21.1 Å². The predicted molar refractivity (Wildman–Crippen MR) is 121 cm³/mol. The molecule has 3 N–H and O–H groups in total. The second-order valence-corrected chi connectivity index (χ2v) is 8.42. The summed E-state index contributed by atoms with van der Waals surface area (Å²) in [7, 11) is 2.72. The third-order valence-electron chi connectivity index (χ3n) is 6.07. The predicted octanol–water partition coefficient (Wildman–Crippen LogP) is 3.78. The molecule has 3 unspecified atom stereocenters. The lowest BCUT2D eigenvalue weighted by molar-refractivity contribution is -0.120. The summed E-state index contributed by atoms with van der Waals surface area (Å²) in [5, 5.41) is 16.0. The first-order valence-electron chi connectivity index (χ1n) is 10.4. The van der Waals surface area contributed by atoms with Gasteiger partial charge in [-0.25, -0.2) is 4.79 Å². The Bertz CT molecular complexity index is 1180. The number of ketones is 2. The minimum absolute atomic E-state index is 0.0493. The third-order valence-corrected chi connectivity index (χ3v) is 6.43. The molecule has 0 radical (unpaired) electrons. The summed E-state index contributed by atoms with van der Waals surface area (Å²) >= 11 is 6.18. The van der Waals surface area contributed by atoms with Crippen molar-refractivity contribution in [1.82, 2.24) is 10.6 Å². The van der Waals surface area contributed by atoms with Gasteiger partial charge in [-0.1, -0.05) is 48.9 Å². The number of Topliss-reactive ketones (excluding diaryl/α,β-unsaturated/α-hetero) is 2. The fourth-order valence-corrected chi connectivity index (χ4v) is 4.74. The highest BCUT2D eigenvalue weighted by Gasteiger charge is 2.46. The highest BCUT2D eigenvalue weighted by atomic mass is 35.5. The van der Waals surface area contributed by atoms with Crippen molar-refractivity contribution in [2.24, 2.45) is 11.8 Å². The molecule has 0 saturated carbocycles. The van der Waals surface area contributed by atoms with Crippen molar-refractivity contribution >= 4 is 29.2 Å². The highest BCUT2D eigenvalue weighted by molar-refractivity contribution is 6.34. The number of carbonyl (C=O) groups excluding carboxylic acids is 3. The van der Waals surface area contributed by atoms with E-state index in [0.29, 0.717) is 17.7 Å². The number of hydrogen-bond donors (Lipinski definition) is 3. The first kappa shape index (κ1) is 22.7. The average Bonchev–Trinajstić information content (AvgIpc) is 2.80. The fraction of sp³-hybridized carbons (Fsp3) is 0.292. The molecule has 2 amide bonds. The average molecular weight is 471 g/mol. The van der Waals surface area contributed by atoms with Gasteiger partial charge in [-0.15, -0.1) is 0 Å². The van der Waals surface area contributed by atoms with Crippen LogP contribution in [0.3, 0.4) is 0 Å². The lowest BCUT2D eigenvalue weighted by Crippen LogP contribution is -2.50. The molecule has 9 heteroatoms. The van der Waals surface area contributed by atoms with Crippen molar-refractivity contribution in [2.75, 3.05) is 14.2 Å². The van der Waals surface area contributed by atoms with Crippen molar-refractivity contribution < 1.29 is 29.0 Å². The first-order valence-corrected chi connectivity index (χ1v) is 10.7. The Hall–Kier alpha value is -3.52. The molecular formula is C24H23ClN2O6. The van der Waals surface area contributed by atoms with Crippen LogP contribution in [0.2, 0.25) is 5.02 Å². The number of urea groups is 1. The van der Waals surface area contributed by atoms with Gasteiger partial charge in [-0.3, -0.25) is 9.59 Å². The topological polar surface area (TPSA) is 114 Å². The van der Waals surface area contributed by atoms with Crippen LogP contribution < -0.4 is 20.1 Å². The summed E-state index contributed by atoms with van der Waals surface area (Å²) in [5.41, 5.74) is 1.37. The first-order chi connectivity index (χ1) is 15.8. The van der Waals surface area contributed by atoms with E-state index in [2.05, 4.69) is 10.6 Å². The van der Waals surface area contributed by atoms with Gasteiger partial charge in [-0.05, 0) is 17.9 Å². The Morgan fingerprint density at radius 1 is 1.12 bits per heavy atom. The number of allylic oxidation sites excluding steroid dienone is 1. The highest BCUT2D eigenvalue weighted by Crippen LogP contribution is 2.46. The van der Waals surface area contributed by atoms with Crippen LogP contribution in [-0.4, -0.2) is 36.9 Å². The lowest BCUT2D eigenvalue weighted by Gasteiger charge is -2.37. The van der Waals surface area contributed by atoms with Gasteiger partial charge in [0.1, 0.15) is 22.1 Å². The largest absolute Gasteiger partial charge is 0.505 e. The van der Waals surface area contributed by atoms with Gasteiger partial charge in [-0.2, -0.15) is 0 Å². The molecule has 4 rings (SSSR count). The Kier molecular flexibility index (Phi) is 6.03. The van der Waals surface area contributed by atoms with Crippen molar-refractivity contribution in [2.45, 2.75) is 19.4 Å². The second kappa shape index (κ2) is 8.78. The van der Waals surface area contributed by atoms with Crippen LogP contribution >= 0.6 is 11.6 Å². The maximum absolute atomic E-state index is 13.7. The van der Waals surface area contributed by atoms with E-state index in [9.17, 15) is 19.5 Å². The van der Waals surface area contributed by atoms with E-state index < -0.39 is 41.2 Å². The van der Waals surface area contributed by atoms with Gasteiger partial charge >= 0.3 is 6.03 Å². The standard InChI is InChI=1S/C24H23ClN2O6/c1-11-9-13-17(20(27-24(31)26-13)12-7-5-4-6-8-12)21(28)16(11)22(29)18-14(32-2)10-15(33-3)19(25)23(18)30/h4-8,10-11,16,20,30H,9H2,1-3H3,(H2,26,27,31). The molecule has 0 spiro atoms. The van der Waals surface area contributed by atoms with Crippen LogP contribution in [0.4, 0.5) is 4.79 Å². The summed E-state index contributed by atoms with van der Waals surface area (Å²) in [6.07, 6.45) is 0.307. The lowest BCUT2D eigenvalue weighted by atomic mass is 9.71. The van der Waals surface area contributed by atoms with Crippen LogP contribution in [0.1, 0.15) is 35.3 Å². The summed E-state index contributed by atoms with van der Waals surface area (Å²) < 4.78 is 10.4. The molecule has 2 aromatic carbocycles. The van der Waals surface area contributed by atoms with Crippen molar-refractivity contribution in [3.05, 3.63) is 63.8 Å². The van der Waals surface area contributed by atoms with Gasteiger partial charge in [0.15, 0.2) is 17.3 Å². The Labute approximate surface area is 195 Å². The number of hydrogen-bond acceptors (Lipinski definition) is 6. The molecule has 1 aliphatic heterocycles. The van der Waals surface area contributed by atoms with E-state index in [0.717, 1.165) is 5.56 Å². The molecule has 2 aromatic rings. The molecule has 33 heavy (non-hydrogen) atoms. The maximum Gasteiger partial charge on any atom is 0.319 e. The molecule has 1 aliphatic carbocycles. The van der Waals surface area contributed by atoms with Gasteiger partial charge < -0.3 is 25.2 Å². The van der Waals surface area contributed by atoms with Gasteiger partial charge in [0.05, 0.1) is 26.2 Å². The van der Waals surface area contributed by atoms with E-state index in [1.165, 1.54) is 20.3 Å². The number of nitrogens with one attached hydrogen (secondary N) is 2. The molecule has 1 heterocycles. The normalized spacial score (nSPS) is 22.2. The summed E-state index contributed by atoms with van der Waals surface area (Å²) in [5.74, 6) is -2.90. The van der Waals surface area contributed by atoms with E-state index in [1.807, 2.05) is 18.2 Å². The monoisotopic (exact) mass is 470 g/mol. The summed E-state index contributed by atoms with van der Waals surface area (Å²) in [4.78, 5) is 39.7. The van der Waals surface area contributed by atoms with Crippen LogP contribution in [-0.2, 0) is 4.79 Å². The number of methoxy groups -OCH3 is 2. The summed E-state index contributed by atoms with van der Waals surface area (Å²) in [6, 6.07) is 9.36. The third kappa shape index (κ3) is 3.80. The minimum atomic E-state index is -1.10. The number of phenols is 1. The number of amides is 2. The zero-order valence-electron chi connectivity index (χ0n) is 18.3. The van der Waals surface area contributed by atoms with E-state index in [-0.39, 0.29) is 22.1 Å². The number of aromatic hydroxyl groups is 1. The van der Waals surface area contributed by atoms with Crippen molar-refractivity contribution in [1.29, 1.82) is 0 Å². The van der Waals surface area contributed by atoms with E-state index in [1.54, 1.807) is 19.1 Å². The quantitative estimate of drug-likeness (QED) is 0.452. The number of benzene rings is 2. The zero-order valence-corrected chi connectivity index (χ0v) is 19.0. The number of rotatable bonds is 5. The van der Waals surface area contributed by atoms with Gasteiger partial charge in [0.2, 0.25) is 0 Å². The van der Waals surface area contributed by atoms with Crippen LogP contribution in [0.15, 0.2) is 47.7 Å². The van der Waals surface area contributed by atoms with Crippen molar-refractivity contribution in [3.8, 4) is 17.2 Å². The molecule has 0 bridgehead atoms. The second-order valence-electron chi connectivity index (χ2n) is 8.04. The minimum Gasteiger partial charge on any atom is -0.505 e. The van der Waals surface area contributed by atoms with Crippen LogP contribution in [0.25, 0.3) is 0 Å². The molecule has 0 saturated heterocycles. The van der Waals surface area contributed by atoms with Crippen LogP contribution in [0.5, 0.6) is 17.2 Å². The molecule has 3 atom stereocenters. The van der Waals surface area contributed by atoms with Crippen molar-refractivity contribution in [3.63, 3.8) is 0 Å². The Balaban J connectivity index is 1.80. The fourth-order valence-electron chi connectivity index (χ4n) is 4.51.